The second kappa shape index (κ2) is 5.82. The summed E-state index contributed by atoms with van der Waals surface area (Å²) in [5.41, 5.74) is 3.14. The van der Waals surface area contributed by atoms with Crippen LogP contribution in [0.5, 0.6) is 0 Å². The van der Waals surface area contributed by atoms with Crippen molar-refractivity contribution in [1.29, 1.82) is 5.26 Å². The molecule has 3 rings (SSSR count). The van der Waals surface area contributed by atoms with Crippen molar-refractivity contribution >= 4 is 35.2 Å². The summed E-state index contributed by atoms with van der Waals surface area (Å²) in [5.74, 6) is 0. The van der Waals surface area contributed by atoms with Gasteiger partial charge in [0.1, 0.15) is 10.7 Å². The van der Waals surface area contributed by atoms with Crippen LogP contribution in [0.25, 0.3) is 21.7 Å². The van der Waals surface area contributed by atoms with Gasteiger partial charge in [-0.15, -0.1) is 11.3 Å². The second-order valence-electron chi connectivity index (χ2n) is 4.40. The maximum absolute atomic E-state index is 9.38. The van der Waals surface area contributed by atoms with E-state index in [4.69, 9.17) is 23.8 Å². The van der Waals surface area contributed by atoms with Crippen LogP contribution in [-0.2, 0) is 0 Å². The van der Waals surface area contributed by atoms with Gasteiger partial charge in [0.25, 0.3) is 0 Å². The third kappa shape index (κ3) is 2.77. The molecule has 0 radical (unpaired) electrons. The third-order valence-corrected chi connectivity index (χ3v) is 4.55. The molecule has 0 saturated heterocycles. The molecule has 102 valence electrons. The molecule has 0 amide bonds. The maximum atomic E-state index is 9.38. The average Bonchev–Trinajstić information content (AvgIpc) is 3.01. The first kappa shape index (κ1) is 14.0. The minimum absolute atomic E-state index is 0.452. The number of aromatic nitrogens is 1. The smallest absolute Gasteiger partial charge is 0.122 e. The fourth-order valence-corrected chi connectivity index (χ4v) is 3.18. The molecule has 5 heteroatoms. The number of aromatic amines is 1. The van der Waals surface area contributed by atoms with E-state index in [0.717, 1.165) is 21.7 Å². The molecule has 0 atom stereocenters. The molecule has 0 spiro atoms. The summed E-state index contributed by atoms with van der Waals surface area (Å²) in [7, 11) is 0. The Morgan fingerprint density at radius 2 is 1.95 bits per heavy atom. The monoisotopic (exact) mass is 328 g/mol. The summed E-state index contributed by atoms with van der Waals surface area (Å²) in [6.45, 7) is 0. The van der Waals surface area contributed by atoms with Crippen molar-refractivity contribution in [3.05, 3.63) is 63.1 Å². The van der Waals surface area contributed by atoms with E-state index in [9.17, 15) is 5.26 Å². The lowest BCUT2D eigenvalue weighted by Gasteiger charge is -2.08. The number of rotatable bonds is 2. The van der Waals surface area contributed by atoms with E-state index in [-0.39, 0.29) is 0 Å². The zero-order chi connectivity index (χ0) is 14.8. The number of halogens is 1. The number of pyridine rings is 1. The highest BCUT2D eigenvalue weighted by Crippen LogP contribution is 2.31. The number of nitrogens with one attached hydrogen (secondary N) is 1. The quantitative estimate of drug-likeness (QED) is 0.616. The SMILES string of the molecule is N#Cc1c(-c2ccc(Cl)cc2)cc(-c2cccs2)[nH]c1=S. The lowest BCUT2D eigenvalue weighted by molar-refractivity contribution is 1.28. The Balaban J connectivity index is 2.25. The van der Waals surface area contributed by atoms with E-state index >= 15 is 0 Å². The molecule has 0 aliphatic rings. The van der Waals surface area contributed by atoms with E-state index in [1.807, 2.05) is 47.8 Å². The summed E-state index contributed by atoms with van der Waals surface area (Å²) in [6.07, 6.45) is 0. The number of benzene rings is 1. The predicted molar refractivity (Wildman–Crippen MR) is 90.1 cm³/mol. The lowest BCUT2D eigenvalue weighted by atomic mass is 10.0. The van der Waals surface area contributed by atoms with Crippen LogP contribution < -0.4 is 0 Å². The first-order chi connectivity index (χ1) is 10.2. The van der Waals surface area contributed by atoms with Crippen molar-refractivity contribution in [2.45, 2.75) is 0 Å². The first-order valence-corrected chi connectivity index (χ1v) is 7.83. The number of hydrogen-bond donors (Lipinski definition) is 1. The van der Waals surface area contributed by atoms with Gasteiger partial charge in [-0.05, 0) is 35.2 Å². The zero-order valence-corrected chi connectivity index (χ0v) is 13.1. The summed E-state index contributed by atoms with van der Waals surface area (Å²) in [5, 5.41) is 12.0. The molecular formula is C16H9ClN2S2. The molecule has 1 N–H and O–H groups in total. The summed E-state index contributed by atoms with van der Waals surface area (Å²) >= 11 is 12.9. The molecule has 3 aromatic rings. The first-order valence-electron chi connectivity index (χ1n) is 6.16. The van der Waals surface area contributed by atoms with Crippen LogP contribution >= 0.6 is 35.2 Å². The minimum atomic E-state index is 0.452. The Labute approximate surface area is 136 Å². The van der Waals surface area contributed by atoms with Crippen molar-refractivity contribution in [1.82, 2.24) is 4.98 Å². The van der Waals surface area contributed by atoms with Gasteiger partial charge in [0.15, 0.2) is 0 Å². The molecule has 0 saturated carbocycles. The molecule has 2 aromatic heterocycles. The summed E-state index contributed by atoms with van der Waals surface area (Å²) in [4.78, 5) is 4.21. The normalized spacial score (nSPS) is 10.3. The topological polar surface area (TPSA) is 39.6 Å². The van der Waals surface area contributed by atoms with Crippen LogP contribution in [0.15, 0.2) is 47.8 Å². The van der Waals surface area contributed by atoms with Gasteiger partial charge >= 0.3 is 0 Å². The fourth-order valence-electron chi connectivity index (χ4n) is 2.09. The van der Waals surface area contributed by atoms with Gasteiger partial charge in [0.05, 0.1) is 16.1 Å². The van der Waals surface area contributed by atoms with Gasteiger partial charge in [-0.25, -0.2) is 0 Å². The van der Waals surface area contributed by atoms with E-state index in [1.165, 1.54) is 0 Å². The van der Waals surface area contributed by atoms with Crippen LogP contribution in [0.4, 0.5) is 0 Å². The van der Waals surface area contributed by atoms with Gasteiger partial charge < -0.3 is 4.98 Å². The van der Waals surface area contributed by atoms with Crippen molar-refractivity contribution < 1.29 is 0 Å². The Morgan fingerprint density at radius 3 is 2.57 bits per heavy atom. The number of nitrogens with zero attached hydrogens (tertiary/aromatic N) is 1. The van der Waals surface area contributed by atoms with Gasteiger partial charge in [-0.1, -0.05) is 42.0 Å². The molecule has 0 unspecified atom stereocenters. The van der Waals surface area contributed by atoms with Crippen molar-refractivity contribution in [3.8, 4) is 27.8 Å². The molecule has 2 heterocycles. The van der Waals surface area contributed by atoms with Crippen molar-refractivity contribution in [2.75, 3.05) is 0 Å². The number of thiophene rings is 1. The van der Waals surface area contributed by atoms with Gasteiger partial charge in [-0.3, -0.25) is 0 Å². The maximum Gasteiger partial charge on any atom is 0.122 e. The van der Waals surface area contributed by atoms with E-state index in [0.29, 0.717) is 15.2 Å². The molecule has 0 aliphatic carbocycles. The van der Waals surface area contributed by atoms with Crippen LogP contribution in [0.1, 0.15) is 5.56 Å². The average molecular weight is 329 g/mol. The highest BCUT2D eigenvalue weighted by Gasteiger charge is 2.11. The lowest BCUT2D eigenvalue weighted by Crippen LogP contribution is -1.91. The van der Waals surface area contributed by atoms with Crippen LogP contribution in [0, 0.1) is 16.0 Å². The Hall–Kier alpha value is -1.93. The Morgan fingerprint density at radius 1 is 1.19 bits per heavy atom. The zero-order valence-electron chi connectivity index (χ0n) is 10.8. The predicted octanol–water partition coefficient (Wildman–Crippen LogP) is 5.66. The van der Waals surface area contributed by atoms with Crippen LogP contribution in [-0.4, -0.2) is 4.98 Å². The molecule has 21 heavy (non-hydrogen) atoms. The standard InChI is InChI=1S/C16H9ClN2S2/c17-11-5-3-10(4-6-11)12-8-14(15-2-1-7-21-15)19-16(20)13(12)9-18/h1-8H,(H,19,20). The molecule has 0 bridgehead atoms. The van der Waals surface area contributed by atoms with E-state index in [2.05, 4.69) is 11.1 Å². The minimum Gasteiger partial charge on any atom is -0.344 e. The van der Waals surface area contributed by atoms with Crippen LogP contribution in [0.2, 0.25) is 5.02 Å². The largest absolute Gasteiger partial charge is 0.344 e. The number of nitriles is 1. The number of H-pyrrole nitrogens is 1. The van der Waals surface area contributed by atoms with Crippen LogP contribution in [0.3, 0.4) is 0 Å². The molecule has 1 aromatic carbocycles. The second-order valence-corrected chi connectivity index (χ2v) is 6.19. The van der Waals surface area contributed by atoms with Crippen molar-refractivity contribution in [2.24, 2.45) is 0 Å². The fraction of sp³-hybridized carbons (Fsp3) is 0. The van der Waals surface area contributed by atoms with E-state index in [1.54, 1.807) is 11.3 Å². The summed E-state index contributed by atoms with van der Waals surface area (Å²) in [6, 6.07) is 15.6. The van der Waals surface area contributed by atoms with Gasteiger partial charge in [0, 0.05) is 10.6 Å². The Kier molecular flexibility index (Phi) is 3.89. The molecule has 0 aliphatic heterocycles. The Bertz CT molecular complexity index is 872. The highest BCUT2D eigenvalue weighted by molar-refractivity contribution is 7.71. The van der Waals surface area contributed by atoms with Crippen molar-refractivity contribution in [3.63, 3.8) is 0 Å². The van der Waals surface area contributed by atoms with Gasteiger partial charge in [-0.2, -0.15) is 5.26 Å². The molecule has 0 fully saturated rings. The van der Waals surface area contributed by atoms with Gasteiger partial charge in [0.2, 0.25) is 0 Å². The molecular weight excluding hydrogens is 320 g/mol. The highest BCUT2D eigenvalue weighted by atomic mass is 35.5. The number of hydrogen-bond acceptors (Lipinski definition) is 3. The molecule has 2 nitrogen and oxygen atoms in total. The van der Waals surface area contributed by atoms with E-state index < -0.39 is 0 Å². The summed E-state index contributed by atoms with van der Waals surface area (Å²) < 4.78 is 0.452. The third-order valence-electron chi connectivity index (χ3n) is 3.09.